The average Bonchev–Trinajstić information content (AvgIpc) is 3.48. The van der Waals surface area contributed by atoms with Crippen molar-refractivity contribution in [1.29, 1.82) is 0 Å². The number of carbonyl (C=O) groups excluding carboxylic acids is 2. The van der Waals surface area contributed by atoms with Crippen molar-refractivity contribution >= 4 is 22.6 Å². The van der Waals surface area contributed by atoms with E-state index >= 15 is 0 Å². The Bertz CT molecular complexity index is 1610. The maximum atomic E-state index is 13.6. The molecule has 5 aromatic rings. The lowest BCUT2D eigenvalue weighted by Crippen LogP contribution is -2.13. The van der Waals surface area contributed by atoms with E-state index < -0.39 is 5.92 Å². The molecule has 1 atom stereocenters. The molecular weight excluding hydrogens is 452 g/mol. The van der Waals surface area contributed by atoms with Crippen molar-refractivity contribution in [3.05, 3.63) is 113 Å². The number of aromatic amines is 1. The fraction of sp³-hybridized carbons (Fsp3) is 0.100. The Morgan fingerprint density at radius 1 is 0.833 bits per heavy atom. The van der Waals surface area contributed by atoms with Crippen molar-refractivity contribution in [2.45, 2.75) is 12.5 Å². The Balaban J connectivity index is 1.37. The molecule has 6 rings (SSSR count). The molecule has 1 aromatic heterocycles. The molecule has 1 unspecified atom stereocenters. The summed E-state index contributed by atoms with van der Waals surface area (Å²) < 4.78 is 11.4. The second-order valence-corrected chi connectivity index (χ2v) is 8.68. The summed E-state index contributed by atoms with van der Waals surface area (Å²) in [5.41, 5.74) is 4.45. The molecule has 0 saturated carbocycles. The number of nitrogens with zero attached hydrogens (tertiary/aromatic N) is 1. The molecule has 0 saturated heterocycles. The molecule has 0 spiro atoms. The average molecular weight is 475 g/mol. The number of carbonyl (C=O) groups is 2. The van der Waals surface area contributed by atoms with Crippen LogP contribution in [-0.2, 0) is 6.61 Å². The molecule has 6 nitrogen and oxygen atoms in total. The predicted molar refractivity (Wildman–Crippen MR) is 137 cm³/mol. The van der Waals surface area contributed by atoms with E-state index in [9.17, 15) is 9.59 Å². The number of fused-ring (bicyclic) bond motifs is 2. The third-order valence-corrected chi connectivity index (χ3v) is 6.51. The van der Waals surface area contributed by atoms with Crippen molar-refractivity contribution in [3.63, 3.8) is 0 Å². The number of aromatic nitrogens is 2. The Hall–Kier alpha value is -4.71. The number of Topliss-reactive ketones (excluding diaryl/α,β-unsaturated/α-hetero) is 2. The largest absolute Gasteiger partial charge is 0.494 e. The van der Waals surface area contributed by atoms with Crippen molar-refractivity contribution in [3.8, 4) is 22.9 Å². The molecule has 0 amide bonds. The number of imidazole rings is 1. The van der Waals surface area contributed by atoms with Crippen molar-refractivity contribution in [1.82, 2.24) is 9.97 Å². The summed E-state index contributed by atoms with van der Waals surface area (Å²) in [7, 11) is 1.58. The van der Waals surface area contributed by atoms with Crippen LogP contribution in [0, 0.1) is 0 Å². The molecule has 6 heteroatoms. The van der Waals surface area contributed by atoms with Gasteiger partial charge in [-0.05, 0) is 35.4 Å². The number of rotatable bonds is 6. The first-order valence-electron chi connectivity index (χ1n) is 11.7. The topological polar surface area (TPSA) is 81.3 Å². The first-order valence-corrected chi connectivity index (χ1v) is 11.7. The van der Waals surface area contributed by atoms with E-state index in [1.54, 1.807) is 37.4 Å². The van der Waals surface area contributed by atoms with Crippen LogP contribution in [0.4, 0.5) is 0 Å². The van der Waals surface area contributed by atoms with Crippen LogP contribution in [0.25, 0.3) is 22.4 Å². The molecule has 0 fully saturated rings. The second-order valence-electron chi connectivity index (χ2n) is 8.68. The fourth-order valence-electron chi connectivity index (χ4n) is 4.71. The van der Waals surface area contributed by atoms with Gasteiger partial charge in [-0.3, -0.25) is 9.59 Å². The lowest BCUT2D eigenvalue weighted by atomic mass is 9.93. The van der Waals surface area contributed by atoms with Gasteiger partial charge in [-0.15, -0.1) is 0 Å². The van der Waals surface area contributed by atoms with Gasteiger partial charge < -0.3 is 14.5 Å². The first kappa shape index (κ1) is 21.8. The zero-order chi connectivity index (χ0) is 24.6. The first-order chi connectivity index (χ1) is 17.6. The Kier molecular flexibility index (Phi) is 5.34. The highest BCUT2D eigenvalue weighted by Crippen LogP contribution is 2.40. The quantitative estimate of drug-likeness (QED) is 0.306. The van der Waals surface area contributed by atoms with Gasteiger partial charge in [0.15, 0.2) is 11.6 Å². The molecule has 1 N–H and O–H groups in total. The van der Waals surface area contributed by atoms with Crippen LogP contribution < -0.4 is 9.47 Å². The van der Waals surface area contributed by atoms with Gasteiger partial charge in [-0.1, -0.05) is 66.7 Å². The molecule has 0 aliphatic heterocycles. The van der Waals surface area contributed by atoms with E-state index in [0.29, 0.717) is 51.7 Å². The molecule has 176 valence electrons. The van der Waals surface area contributed by atoms with Gasteiger partial charge >= 0.3 is 0 Å². The van der Waals surface area contributed by atoms with E-state index in [2.05, 4.69) is 4.98 Å². The molecular formula is C30H22N2O4. The third-order valence-electron chi connectivity index (χ3n) is 6.51. The summed E-state index contributed by atoms with van der Waals surface area (Å²) in [5, 5.41) is 0. The van der Waals surface area contributed by atoms with E-state index in [0.717, 1.165) is 11.1 Å². The van der Waals surface area contributed by atoms with E-state index in [1.165, 1.54) is 0 Å². The Morgan fingerprint density at radius 3 is 2.31 bits per heavy atom. The number of ketones is 2. The zero-order valence-corrected chi connectivity index (χ0v) is 19.5. The van der Waals surface area contributed by atoms with Crippen LogP contribution >= 0.6 is 0 Å². The summed E-state index contributed by atoms with van der Waals surface area (Å²) >= 11 is 0. The number of nitrogens with one attached hydrogen (secondary N) is 1. The monoisotopic (exact) mass is 474 g/mol. The highest BCUT2D eigenvalue weighted by molar-refractivity contribution is 6.30. The fourth-order valence-corrected chi connectivity index (χ4v) is 4.71. The summed E-state index contributed by atoms with van der Waals surface area (Å²) in [6.45, 7) is 0.375. The minimum Gasteiger partial charge on any atom is -0.494 e. The van der Waals surface area contributed by atoms with Gasteiger partial charge in [0.25, 0.3) is 0 Å². The number of hydrogen-bond donors (Lipinski definition) is 1. The summed E-state index contributed by atoms with van der Waals surface area (Å²) in [5.74, 6) is 0.324. The van der Waals surface area contributed by atoms with Crippen molar-refractivity contribution in [2.75, 3.05) is 7.11 Å². The maximum Gasteiger partial charge on any atom is 0.179 e. The van der Waals surface area contributed by atoms with E-state index in [-0.39, 0.29) is 11.6 Å². The lowest BCUT2D eigenvalue weighted by molar-refractivity contribution is 0.0890. The van der Waals surface area contributed by atoms with Crippen molar-refractivity contribution in [2.24, 2.45) is 0 Å². The van der Waals surface area contributed by atoms with Crippen LogP contribution in [0.15, 0.2) is 91.0 Å². The molecule has 4 aromatic carbocycles. The van der Waals surface area contributed by atoms with Gasteiger partial charge in [-0.2, -0.15) is 0 Å². The number of methoxy groups -OCH3 is 1. The highest BCUT2D eigenvalue weighted by Gasteiger charge is 2.41. The maximum absolute atomic E-state index is 13.6. The summed E-state index contributed by atoms with van der Waals surface area (Å²) in [4.78, 5) is 35.1. The van der Waals surface area contributed by atoms with Gasteiger partial charge in [-0.25, -0.2) is 4.98 Å². The number of hydrogen-bond acceptors (Lipinski definition) is 5. The van der Waals surface area contributed by atoms with Crippen LogP contribution in [0.3, 0.4) is 0 Å². The summed E-state index contributed by atoms with van der Waals surface area (Å²) in [6.07, 6.45) is 0. The second kappa shape index (κ2) is 8.82. The number of ether oxygens (including phenoxy) is 2. The molecule has 0 radical (unpaired) electrons. The minimum absolute atomic E-state index is 0.236. The minimum atomic E-state index is -0.968. The lowest BCUT2D eigenvalue weighted by Gasteiger charge is -2.10. The molecule has 0 bridgehead atoms. The van der Waals surface area contributed by atoms with Crippen LogP contribution in [-0.4, -0.2) is 28.6 Å². The number of H-pyrrole nitrogens is 1. The van der Waals surface area contributed by atoms with Gasteiger partial charge in [0.2, 0.25) is 0 Å². The van der Waals surface area contributed by atoms with Crippen LogP contribution in [0.2, 0.25) is 0 Å². The van der Waals surface area contributed by atoms with Crippen LogP contribution in [0.1, 0.15) is 37.8 Å². The third kappa shape index (κ3) is 3.64. The standard InChI is InChI=1S/C30H22N2O4/c1-35-24-15-14-22(26-27(24)32-30(31-26)19-10-6-3-7-11-19)25-28(33)21-13-12-20(16-23(21)29(25)34)36-17-18-8-4-2-5-9-18/h2-16,25H,17H2,1H3,(H,31,32). The van der Waals surface area contributed by atoms with Gasteiger partial charge in [0.1, 0.15) is 35.4 Å². The zero-order valence-electron chi connectivity index (χ0n) is 19.5. The number of benzene rings is 4. The Morgan fingerprint density at radius 2 is 1.56 bits per heavy atom. The SMILES string of the molecule is COc1ccc(C2C(=O)c3ccc(OCc4ccccc4)cc3C2=O)c2nc(-c3ccccc3)[nH]c12. The van der Waals surface area contributed by atoms with Crippen molar-refractivity contribution < 1.29 is 19.1 Å². The van der Waals surface area contributed by atoms with E-state index in [1.807, 2.05) is 60.7 Å². The molecule has 1 heterocycles. The molecule has 1 aliphatic rings. The van der Waals surface area contributed by atoms with Gasteiger partial charge in [0.05, 0.1) is 12.6 Å². The van der Waals surface area contributed by atoms with Gasteiger partial charge in [0, 0.05) is 16.7 Å². The highest BCUT2D eigenvalue weighted by atomic mass is 16.5. The molecule has 1 aliphatic carbocycles. The predicted octanol–water partition coefficient (Wildman–Crippen LogP) is 5.98. The molecule has 36 heavy (non-hydrogen) atoms. The Labute approximate surface area is 207 Å². The smallest absolute Gasteiger partial charge is 0.179 e. The van der Waals surface area contributed by atoms with E-state index in [4.69, 9.17) is 14.5 Å². The normalized spacial score (nSPS) is 14.8. The summed E-state index contributed by atoms with van der Waals surface area (Å²) in [6, 6.07) is 28.1. The van der Waals surface area contributed by atoms with Crippen LogP contribution in [0.5, 0.6) is 11.5 Å².